The zero-order chi connectivity index (χ0) is 39.3. The van der Waals surface area contributed by atoms with Gasteiger partial charge < -0.3 is 9.47 Å². The number of allylic oxidation sites excluding steroid dienone is 5. The second-order valence-electron chi connectivity index (χ2n) is 16.7. The first-order chi connectivity index (χ1) is 29.8. The molecule has 4 aliphatic rings. The number of aromatic nitrogens is 1. The van der Waals surface area contributed by atoms with E-state index in [1.807, 2.05) is 0 Å². The van der Waals surface area contributed by atoms with Crippen molar-refractivity contribution in [1.29, 1.82) is 0 Å². The van der Waals surface area contributed by atoms with Gasteiger partial charge in [-0.25, -0.2) is 0 Å². The molecule has 0 N–H and O–H groups in total. The lowest BCUT2D eigenvalue weighted by Gasteiger charge is -2.34. The fraction of sp³-hybridized carbons (Fsp3) is 0.0690. The third-order valence-corrected chi connectivity index (χ3v) is 13.7. The molecule has 0 spiro atoms. The van der Waals surface area contributed by atoms with Crippen LogP contribution in [0.1, 0.15) is 57.3 Å². The maximum atomic E-state index is 2.68. The molecule has 0 radical (unpaired) electrons. The van der Waals surface area contributed by atoms with Crippen LogP contribution in [0.25, 0.3) is 55.4 Å². The number of benzene rings is 8. The number of fused-ring (bicyclic) bond motifs is 13. The zero-order valence-electron chi connectivity index (χ0n) is 33.0. The van der Waals surface area contributed by atoms with E-state index < -0.39 is 0 Å². The van der Waals surface area contributed by atoms with Crippen molar-refractivity contribution in [1.82, 2.24) is 4.57 Å². The van der Waals surface area contributed by atoms with Gasteiger partial charge in [-0.15, -0.1) is 0 Å². The van der Waals surface area contributed by atoms with Gasteiger partial charge in [-0.3, -0.25) is 0 Å². The van der Waals surface area contributed by atoms with E-state index in [9.17, 15) is 0 Å². The second kappa shape index (κ2) is 13.0. The predicted octanol–water partition coefficient (Wildman–Crippen LogP) is 14.6. The Hall–Kier alpha value is -7.42. The summed E-state index contributed by atoms with van der Waals surface area (Å²) >= 11 is 0. The molecule has 8 aromatic carbocycles. The van der Waals surface area contributed by atoms with Crippen molar-refractivity contribution < 1.29 is 0 Å². The molecule has 13 rings (SSSR count). The summed E-state index contributed by atoms with van der Waals surface area (Å²) in [5.74, 6) is 0.368. The van der Waals surface area contributed by atoms with Crippen LogP contribution in [0, 0.1) is 0 Å². The van der Waals surface area contributed by atoms with Crippen LogP contribution < -0.4 is 4.90 Å². The first-order valence-corrected chi connectivity index (χ1v) is 21.3. The minimum atomic E-state index is 0.0582. The molecule has 9 aromatic rings. The quantitative estimate of drug-likeness (QED) is 0.173. The monoisotopic (exact) mass is 764 g/mol. The van der Waals surface area contributed by atoms with Crippen LogP contribution in [0.2, 0.25) is 0 Å². The van der Waals surface area contributed by atoms with E-state index in [1.54, 1.807) is 0 Å². The van der Waals surface area contributed by atoms with E-state index >= 15 is 0 Å². The van der Waals surface area contributed by atoms with Gasteiger partial charge in [0.25, 0.3) is 0 Å². The number of rotatable bonds is 4. The van der Waals surface area contributed by atoms with Crippen molar-refractivity contribution in [2.75, 3.05) is 4.90 Å². The normalized spacial score (nSPS) is 18.6. The molecular formula is C58H40N2. The van der Waals surface area contributed by atoms with Crippen LogP contribution in [0.5, 0.6) is 0 Å². The van der Waals surface area contributed by atoms with Crippen molar-refractivity contribution in [3.8, 4) is 5.69 Å². The van der Waals surface area contributed by atoms with Crippen molar-refractivity contribution >= 4 is 61.0 Å². The Labute approximate surface area is 350 Å². The Bertz CT molecular complexity index is 3350. The van der Waals surface area contributed by atoms with Crippen LogP contribution >= 0.6 is 0 Å². The van der Waals surface area contributed by atoms with Crippen molar-refractivity contribution in [3.05, 3.63) is 251 Å². The third-order valence-electron chi connectivity index (χ3n) is 13.7. The lowest BCUT2D eigenvalue weighted by Crippen LogP contribution is -2.32. The highest BCUT2D eigenvalue weighted by Crippen LogP contribution is 2.59. The topological polar surface area (TPSA) is 8.17 Å². The van der Waals surface area contributed by atoms with Crippen molar-refractivity contribution in [2.45, 2.75) is 24.3 Å². The smallest absolute Gasteiger partial charge is 0.0778 e. The second-order valence-corrected chi connectivity index (χ2v) is 16.7. The molecule has 1 aromatic heterocycles. The van der Waals surface area contributed by atoms with Gasteiger partial charge in [-0.1, -0.05) is 182 Å². The van der Waals surface area contributed by atoms with E-state index in [0.717, 1.165) is 6.42 Å². The number of anilines is 2. The highest BCUT2D eigenvalue weighted by Gasteiger charge is 2.46. The Morgan fingerprint density at radius 1 is 0.483 bits per heavy atom. The van der Waals surface area contributed by atoms with Gasteiger partial charge in [0.05, 0.1) is 22.9 Å². The fourth-order valence-electron chi connectivity index (χ4n) is 11.2. The van der Waals surface area contributed by atoms with Crippen molar-refractivity contribution in [2.24, 2.45) is 0 Å². The van der Waals surface area contributed by atoms with Crippen LogP contribution in [0.15, 0.2) is 212 Å². The van der Waals surface area contributed by atoms with Crippen LogP contribution in [0.4, 0.5) is 11.4 Å². The summed E-state index contributed by atoms with van der Waals surface area (Å²) in [5, 5.41) is 6.44. The molecule has 0 bridgehead atoms. The maximum Gasteiger partial charge on any atom is 0.0778 e. The van der Waals surface area contributed by atoms with E-state index in [1.165, 1.54) is 105 Å². The van der Waals surface area contributed by atoms with Crippen LogP contribution in [-0.4, -0.2) is 10.6 Å². The highest BCUT2D eigenvalue weighted by atomic mass is 15.2. The zero-order valence-corrected chi connectivity index (χ0v) is 33.0. The Kier molecular flexibility index (Phi) is 7.29. The first-order valence-electron chi connectivity index (χ1n) is 21.3. The summed E-state index contributed by atoms with van der Waals surface area (Å²) in [6.45, 7) is 0. The molecule has 0 fully saturated rings. The molecule has 0 saturated heterocycles. The van der Waals surface area contributed by atoms with Gasteiger partial charge in [-0.05, 0) is 108 Å². The predicted molar refractivity (Wildman–Crippen MR) is 251 cm³/mol. The molecule has 3 aliphatic carbocycles. The van der Waals surface area contributed by atoms with E-state index in [2.05, 4.69) is 222 Å². The Balaban J connectivity index is 1.14. The summed E-state index contributed by atoms with van der Waals surface area (Å²) in [7, 11) is 0. The summed E-state index contributed by atoms with van der Waals surface area (Å²) in [5.41, 5.74) is 18.3. The maximum absolute atomic E-state index is 2.68. The Morgan fingerprint density at radius 3 is 1.85 bits per heavy atom. The first kappa shape index (κ1) is 33.5. The van der Waals surface area contributed by atoms with Crippen LogP contribution in [-0.2, 0) is 0 Å². The lowest BCUT2D eigenvalue weighted by molar-refractivity contribution is 0.721. The van der Waals surface area contributed by atoms with Gasteiger partial charge >= 0.3 is 0 Å². The average Bonchev–Trinajstić information content (AvgIpc) is 3.84. The number of nitrogens with zero attached hydrogens (tertiary/aromatic N) is 2. The molecule has 2 nitrogen and oxygen atoms in total. The molecule has 2 heterocycles. The summed E-state index contributed by atoms with van der Waals surface area (Å²) in [4.78, 5) is 2.68. The molecular weight excluding hydrogens is 725 g/mol. The Morgan fingerprint density at radius 2 is 1.10 bits per heavy atom. The summed E-state index contributed by atoms with van der Waals surface area (Å²) in [6, 6.07) is 67.6. The fourth-order valence-corrected chi connectivity index (χ4v) is 11.2. The van der Waals surface area contributed by atoms with Gasteiger partial charge in [0.2, 0.25) is 0 Å². The average molecular weight is 765 g/mol. The molecule has 282 valence electrons. The third kappa shape index (κ3) is 4.76. The van der Waals surface area contributed by atoms with E-state index in [4.69, 9.17) is 0 Å². The van der Waals surface area contributed by atoms with E-state index in [0.29, 0.717) is 0 Å². The number of hydrogen-bond acceptors (Lipinski definition) is 1. The highest BCUT2D eigenvalue weighted by molar-refractivity contribution is 6.11. The summed E-state index contributed by atoms with van der Waals surface area (Å²) < 4.78 is 2.61. The molecule has 60 heavy (non-hydrogen) atoms. The van der Waals surface area contributed by atoms with Crippen molar-refractivity contribution in [3.63, 3.8) is 0 Å². The van der Waals surface area contributed by atoms with Gasteiger partial charge in [-0.2, -0.15) is 0 Å². The molecule has 0 amide bonds. The molecule has 3 unspecified atom stereocenters. The minimum Gasteiger partial charge on any atom is -0.332 e. The summed E-state index contributed by atoms with van der Waals surface area (Å²) in [6.07, 6.45) is 13.1. The van der Waals surface area contributed by atoms with Gasteiger partial charge in [0.15, 0.2) is 0 Å². The van der Waals surface area contributed by atoms with E-state index in [-0.39, 0.29) is 17.9 Å². The number of hydrogen-bond donors (Lipinski definition) is 0. The van der Waals surface area contributed by atoms with Gasteiger partial charge in [0, 0.05) is 28.6 Å². The molecule has 0 saturated carbocycles. The molecule has 2 heteroatoms. The molecule has 3 atom stereocenters. The van der Waals surface area contributed by atoms with Crippen LogP contribution in [0.3, 0.4) is 0 Å². The lowest BCUT2D eigenvalue weighted by atomic mass is 9.74. The SMILES string of the molecule is C1=CCC2C(=C1)C(c1cccc3ccccc13)=Cc1c2c2ccc3c(c2n1-c1ccccc1)N(c1ccccc1)C1C=C(c2cccc4ccccc24)c2ccccc2C31. The molecule has 1 aliphatic heterocycles. The standard InChI is InChI=1S/C58H40N2/c1-3-21-39(22-4-1)59-53-35-51(43-31-15-19-37-17-7-9-25-41(37)43)45-27-11-13-29-47(45)55(53)49-33-34-50-56-48-30-14-12-28-46(48)52(44-32-16-20-38-18-8-10-26-42(38)44)36-54(56)60(58(50)57(49)59)40-23-5-2-6-24-40/h1-29,31-36,48,53,55H,30H2. The number of para-hydroxylation sites is 2. The minimum absolute atomic E-state index is 0.0582. The largest absolute Gasteiger partial charge is 0.332 e. The van der Waals surface area contributed by atoms with Gasteiger partial charge in [0.1, 0.15) is 0 Å².